The van der Waals surface area contributed by atoms with Gasteiger partial charge < -0.3 is 5.32 Å². The van der Waals surface area contributed by atoms with Crippen molar-refractivity contribution in [3.63, 3.8) is 0 Å². The van der Waals surface area contributed by atoms with Crippen molar-refractivity contribution in [2.75, 3.05) is 11.9 Å². The van der Waals surface area contributed by atoms with Crippen molar-refractivity contribution in [2.24, 2.45) is 5.92 Å². The molecule has 2 heterocycles. The second-order valence-electron chi connectivity index (χ2n) is 7.09. The highest BCUT2D eigenvalue weighted by Crippen LogP contribution is 2.28. The maximum Gasteiger partial charge on any atom is 0.256 e. The first-order chi connectivity index (χ1) is 13.9. The van der Waals surface area contributed by atoms with Crippen molar-refractivity contribution in [1.29, 1.82) is 0 Å². The first-order valence-electron chi connectivity index (χ1n) is 9.30. The van der Waals surface area contributed by atoms with E-state index in [1.807, 2.05) is 19.1 Å². The van der Waals surface area contributed by atoms with Crippen LogP contribution in [0, 0.1) is 12.8 Å². The lowest BCUT2D eigenvalue weighted by atomic mass is 10.1. The maximum atomic E-state index is 12.7. The van der Waals surface area contributed by atoms with Gasteiger partial charge in [-0.05, 0) is 56.0 Å². The minimum atomic E-state index is -3.64. The summed E-state index contributed by atoms with van der Waals surface area (Å²) in [4.78, 5) is 16.7. The van der Waals surface area contributed by atoms with Gasteiger partial charge in [-0.1, -0.05) is 6.07 Å². The molecule has 9 heteroatoms. The lowest BCUT2D eigenvalue weighted by molar-refractivity contribution is 0.102. The van der Waals surface area contributed by atoms with E-state index in [1.54, 1.807) is 24.5 Å². The second-order valence-corrected chi connectivity index (χ2v) is 8.85. The highest BCUT2D eigenvalue weighted by molar-refractivity contribution is 7.89. The van der Waals surface area contributed by atoms with E-state index in [1.165, 1.54) is 12.1 Å². The Labute approximate surface area is 168 Å². The van der Waals surface area contributed by atoms with Crippen molar-refractivity contribution in [3.8, 4) is 11.3 Å². The summed E-state index contributed by atoms with van der Waals surface area (Å²) in [5, 5.41) is 9.84. The number of aromatic amines is 1. The molecule has 0 bridgehead atoms. The molecule has 8 nitrogen and oxygen atoms in total. The molecular formula is C20H21N5O3S. The number of nitrogens with zero attached hydrogens (tertiary/aromatic N) is 2. The molecule has 1 amide bonds. The Morgan fingerprint density at radius 1 is 1.21 bits per heavy atom. The van der Waals surface area contributed by atoms with Gasteiger partial charge in [-0.3, -0.25) is 14.9 Å². The number of benzene rings is 1. The summed E-state index contributed by atoms with van der Waals surface area (Å²) < 4.78 is 27.5. The average molecular weight is 411 g/mol. The summed E-state index contributed by atoms with van der Waals surface area (Å²) in [6.45, 7) is 2.28. The van der Waals surface area contributed by atoms with Crippen LogP contribution < -0.4 is 10.0 Å². The van der Waals surface area contributed by atoms with E-state index in [0.717, 1.165) is 29.7 Å². The van der Waals surface area contributed by atoms with Crippen molar-refractivity contribution in [2.45, 2.75) is 24.7 Å². The van der Waals surface area contributed by atoms with E-state index in [2.05, 4.69) is 25.2 Å². The van der Waals surface area contributed by atoms with E-state index in [-0.39, 0.29) is 10.5 Å². The van der Waals surface area contributed by atoms with Crippen molar-refractivity contribution >= 4 is 21.7 Å². The van der Waals surface area contributed by atoms with Crippen LogP contribution in [0.2, 0.25) is 0 Å². The SMILES string of the molecule is Cc1c(NC(=O)c2cccc(S(=O)(=O)NCC3CC3)c2)n[nH]c1-c1ccncc1. The lowest BCUT2D eigenvalue weighted by Gasteiger charge is -2.08. The standard InChI is InChI=1S/C20H21N5O3S/c1-13-18(15-7-9-21-10-8-15)24-25-19(13)23-20(26)16-3-2-4-17(11-16)29(27,28)22-12-14-5-6-14/h2-4,7-11,14,22H,5-6,12H2,1H3,(H2,23,24,25,26). The zero-order valence-electron chi connectivity index (χ0n) is 15.8. The number of pyridine rings is 1. The van der Waals surface area contributed by atoms with Gasteiger partial charge in [-0.25, -0.2) is 13.1 Å². The molecule has 0 spiro atoms. The molecule has 2 aromatic heterocycles. The van der Waals surface area contributed by atoms with Gasteiger partial charge >= 0.3 is 0 Å². The van der Waals surface area contributed by atoms with E-state index in [0.29, 0.717) is 18.3 Å². The number of anilines is 1. The average Bonchev–Trinajstić information content (AvgIpc) is 3.50. The van der Waals surface area contributed by atoms with Crippen LogP contribution in [0.25, 0.3) is 11.3 Å². The van der Waals surface area contributed by atoms with E-state index >= 15 is 0 Å². The predicted octanol–water partition coefficient (Wildman–Crippen LogP) is 2.72. The molecule has 0 unspecified atom stereocenters. The number of carbonyl (C=O) groups is 1. The summed E-state index contributed by atoms with van der Waals surface area (Å²) in [5.41, 5.74) is 2.70. The van der Waals surface area contributed by atoms with Crippen LogP contribution in [0.5, 0.6) is 0 Å². The lowest BCUT2D eigenvalue weighted by Crippen LogP contribution is -2.26. The number of hydrogen-bond acceptors (Lipinski definition) is 5. The van der Waals surface area contributed by atoms with Gasteiger partial charge in [0.1, 0.15) is 0 Å². The predicted molar refractivity (Wildman–Crippen MR) is 109 cm³/mol. The quantitative estimate of drug-likeness (QED) is 0.553. The Balaban J connectivity index is 1.51. The first-order valence-corrected chi connectivity index (χ1v) is 10.8. The maximum absolute atomic E-state index is 12.7. The van der Waals surface area contributed by atoms with Gasteiger partial charge in [0.25, 0.3) is 5.91 Å². The van der Waals surface area contributed by atoms with Crippen molar-refractivity contribution < 1.29 is 13.2 Å². The molecule has 0 radical (unpaired) electrons. The van der Waals surface area contributed by atoms with Crippen molar-refractivity contribution in [1.82, 2.24) is 19.9 Å². The fourth-order valence-electron chi connectivity index (χ4n) is 2.94. The van der Waals surface area contributed by atoms with Gasteiger partial charge in [0, 0.05) is 35.6 Å². The van der Waals surface area contributed by atoms with Crippen LogP contribution in [-0.2, 0) is 10.0 Å². The molecule has 1 aromatic carbocycles. The molecule has 4 rings (SSSR count). The zero-order valence-corrected chi connectivity index (χ0v) is 16.7. The molecule has 3 aromatic rings. The number of rotatable bonds is 7. The van der Waals surface area contributed by atoms with Crippen molar-refractivity contribution in [3.05, 3.63) is 59.9 Å². The molecule has 1 fully saturated rings. The second kappa shape index (κ2) is 7.76. The van der Waals surface area contributed by atoms with E-state index < -0.39 is 15.9 Å². The van der Waals surface area contributed by atoms with Gasteiger partial charge in [-0.2, -0.15) is 5.10 Å². The normalized spacial score (nSPS) is 14.0. The Morgan fingerprint density at radius 2 is 1.97 bits per heavy atom. The summed E-state index contributed by atoms with van der Waals surface area (Å²) in [6.07, 6.45) is 5.46. The summed E-state index contributed by atoms with van der Waals surface area (Å²) in [5.74, 6) is 0.385. The molecule has 0 saturated heterocycles. The molecule has 1 saturated carbocycles. The highest BCUT2D eigenvalue weighted by Gasteiger charge is 2.24. The van der Waals surface area contributed by atoms with Gasteiger partial charge in [0.15, 0.2) is 5.82 Å². The van der Waals surface area contributed by atoms with Crippen LogP contribution in [-0.4, -0.2) is 36.1 Å². The molecular weight excluding hydrogens is 390 g/mol. The molecule has 0 atom stereocenters. The highest BCUT2D eigenvalue weighted by atomic mass is 32.2. The zero-order chi connectivity index (χ0) is 20.4. The Morgan fingerprint density at radius 3 is 2.69 bits per heavy atom. The van der Waals surface area contributed by atoms with Crippen LogP contribution in [0.4, 0.5) is 5.82 Å². The van der Waals surface area contributed by atoms with E-state index in [4.69, 9.17) is 0 Å². The van der Waals surface area contributed by atoms with Gasteiger partial charge in [-0.15, -0.1) is 0 Å². The monoisotopic (exact) mass is 411 g/mol. The number of aromatic nitrogens is 3. The van der Waals surface area contributed by atoms with Gasteiger partial charge in [0.05, 0.1) is 10.6 Å². The van der Waals surface area contributed by atoms with Crippen LogP contribution in [0.1, 0.15) is 28.8 Å². The smallest absolute Gasteiger partial charge is 0.256 e. The molecule has 0 aliphatic heterocycles. The molecule has 1 aliphatic carbocycles. The number of nitrogens with one attached hydrogen (secondary N) is 3. The number of hydrogen-bond donors (Lipinski definition) is 3. The van der Waals surface area contributed by atoms with Crippen LogP contribution >= 0.6 is 0 Å². The topological polar surface area (TPSA) is 117 Å². The van der Waals surface area contributed by atoms with E-state index in [9.17, 15) is 13.2 Å². The molecule has 29 heavy (non-hydrogen) atoms. The first kappa shape index (κ1) is 19.3. The third-order valence-electron chi connectivity index (χ3n) is 4.88. The third-order valence-corrected chi connectivity index (χ3v) is 6.30. The summed E-state index contributed by atoms with van der Waals surface area (Å²) >= 11 is 0. The summed E-state index contributed by atoms with van der Waals surface area (Å²) in [6, 6.07) is 9.66. The number of carbonyl (C=O) groups excluding carboxylic acids is 1. The third kappa shape index (κ3) is 4.36. The fourth-order valence-corrected chi connectivity index (χ4v) is 4.10. The number of amides is 1. The number of H-pyrrole nitrogens is 1. The Hall–Kier alpha value is -3.04. The summed E-state index contributed by atoms with van der Waals surface area (Å²) in [7, 11) is -3.64. The molecule has 150 valence electrons. The molecule has 3 N–H and O–H groups in total. The Kier molecular flexibility index (Phi) is 5.16. The number of sulfonamides is 1. The molecule has 1 aliphatic rings. The minimum Gasteiger partial charge on any atom is -0.305 e. The largest absolute Gasteiger partial charge is 0.305 e. The van der Waals surface area contributed by atoms with Crippen LogP contribution in [0.3, 0.4) is 0 Å². The van der Waals surface area contributed by atoms with Crippen LogP contribution in [0.15, 0.2) is 53.7 Å². The van der Waals surface area contributed by atoms with Gasteiger partial charge in [0.2, 0.25) is 10.0 Å². The minimum absolute atomic E-state index is 0.0713. The Bertz CT molecular complexity index is 1140. The fraction of sp³-hybridized carbons (Fsp3) is 0.250.